The molecule has 0 saturated heterocycles. The fourth-order valence-corrected chi connectivity index (χ4v) is 2.89. The molecule has 0 atom stereocenters. The number of fused-ring (bicyclic) bond motifs is 1. The van der Waals surface area contributed by atoms with Gasteiger partial charge in [-0.15, -0.1) is 0 Å². The topological polar surface area (TPSA) is 48.1 Å². The third-order valence-corrected chi connectivity index (χ3v) is 4.04. The van der Waals surface area contributed by atoms with Crippen molar-refractivity contribution in [2.45, 2.75) is 19.3 Å². The van der Waals surface area contributed by atoms with Crippen molar-refractivity contribution < 1.29 is 4.92 Å². The summed E-state index contributed by atoms with van der Waals surface area (Å²) in [5, 5.41) is 12.0. The summed E-state index contributed by atoms with van der Waals surface area (Å²) < 4.78 is 2.16. The van der Waals surface area contributed by atoms with Gasteiger partial charge in [0.25, 0.3) is 5.69 Å². The molecular formula is C18H18N2O2. The lowest BCUT2D eigenvalue weighted by atomic mass is 10.0. The van der Waals surface area contributed by atoms with Crippen LogP contribution in [0, 0.1) is 10.1 Å². The first-order valence-corrected chi connectivity index (χ1v) is 7.41. The van der Waals surface area contributed by atoms with Crippen LogP contribution in [0.5, 0.6) is 0 Å². The number of rotatable bonds is 5. The predicted molar refractivity (Wildman–Crippen MR) is 88.0 cm³/mol. The number of nitro benzene ring substituents is 1. The van der Waals surface area contributed by atoms with Crippen LogP contribution in [-0.4, -0.2) is 9.49 Å². The quantitative estimate of drug-likeness (QED) is 0.521. The monoisotopic (exact) mass is 294 g/mol. The van der Waals surface area contributed by atoms with Gasteiger partial charge in [0.05, 0.1) is 4.92 Å². The molecule has 0 aliphatic heterocycles. The maximum absolute atomic E-state index is 10.6. The second-order valence-corrected chi connectivity index (χ2v) is 5.56. The second-order valence-electron chi connectivity index (χ2n) is 5.56. The van der Waals surface area contributed by atoms with Gasteiger partial charge in [-0.05, 0) is 36.5 Å². The molecule has 1 aromatic heterocycles. The molecule has 0 radical (unpaired) electrons. The average Bonchev–Trinajstić information content (AvgIpc) is 2.85. The van der Waals surface area contributed by atoms with Crippen molar-refractivity contribution in [3.05, 3.63) is 76.0 Å². The fraction of sp³-hybridized carbons (Fsp3) is 0.222. The van der Waals surface area contributed by atoms with E-state index in [1.165, 1.54) is 16.5 Å². The SMILES string of the molecule is Cn1cc(CCCc2ccc([N+](=O)[O-])cc2)c2ccccc21. The van der Waals surface area contributed by atoms with Crippen molar-refractivity contribution in [1.82, 2.24) is 4.57 Å². The normalized spacial score (nSPS) is 11.0. The molecule has 4 heteroatoms. The summed E-state index contributed by atoms with van der Waals surface area (Å²) in [6.07, 6.45) is 5.17. The zero-order valence-corrected chi connectivity index (χ0v) is 12.5. The first-order valence-electron chi connectivity index (χ1n) is 7.41. The molecule has 2 aromatic carbocycles. The molecule has 3 rings (SSSR count). The number of hydrogen-bond donors (Lipinski definition) is 0. The van der Waals surface area contributed by atoms with Crippen LogP contribution >= 0.6 is 0 Å². The molecule has 0 unspecified atom stereocenters. The molecule has 3 aromatic rings. The first-order chi connectivity index (χ1) is 10.6. The highest BCUT2D eigenvalue weighted by Gasteiger charge is 2.07. The van der Waals surface area contributed by atoms with E-state index in [1.54, 1.807) is 12.1 Å². The molecule has 0 N–H and O–H groups in total. The molecule has 0 aliphatic rings. The molecule has 0 spiro atoms. The summed E-state index contributed by atoms with van der Waals surface area (Å²) in [5.74, 6) is 0. The minimum Gasteiger partial charge on any atom is -0.350 e. The number of hydrogen-bond acceptors (Lipinski definition) is 2. The van der Waals surface area contributed by atoms with Gasteiger partial charge < -0.3 is 4.57 Å². The number of benzene rings is 2. The average molecular weight is 294 g/mol. The summed E-state index contributed by atoms with van der Waals surface area (Å²) in [6.45, 7) is 0. The van der Waals surface area contributed by atoms with E-state index in [9.17, 15) is 10.1 Å². The van der Waals surface area contributed by atoms with E-state index in [0.717, 1.165) is 24.8 Å². The van der Waals surface area contributed by atoms with E-state index in [2.05, 4.69) is 42.1 Å². The van der Waals surface area contributed by atoms with Crippen LogP contribution in [-0.2, 0) is 19.9 Å². The Morgan fingerprint density at radius 1 is 1.05 bits per heavy atom. The van der Waals surface area contributed by atoms with E-state index in [4.69, 9.17) is 0 Å². The van der Waals surface area contributed by atoms with Crippen LogP contribution in [0.15, 0.2) is 54.7 Å². The van der Waals surface area contributed by atoms with Crippen LogP contribution < -0.4 is 0 Å². The van der Waals surface area contributed by atoms with Crippen LogP contribution in [0.25, 0.3) is 10.9 Å². The minimum absolute atomic E-state index is 0.151. The van der Waals surface area contributed by atoms with Gasteiger partial charge in [-0.2, -0.15) is 0 Å². The van der Waals surface area contributed by atoms with E-state index in [0.29, 0.717) is 0 Å². The molecule has 1 heterocycles. The molecule has 0 fully saturated rings. The molecular weight excluding hydrogens is 276 g/mol. The Balaban J connectivity index is 1.66. The zero-order chi connectivity index (χ0) is 15.5. The van der Waals surface area contributed by atoms with Gasteiger partial charge in [-0.25, -0.2) is 0 Å². The Kier molecular flexibility index (Phi) is 3.92. The molecule has 0 saturated carbocycles. The summed E-state index contributed by atoms with van der Waals surface area (Å²) >= 11 is 0. The predicted octanol–water partition coefficient (Wildman–Crippen LogP) is 4.26. The maximum Gasteiger partial charge on any atom is 0.269 e. The van der Waals surface area contributed by atoms with E-state index < -0.39 is 0 Å². The summed E-state index contributed by atoms with van der Waals surface area (Å²) in [7, 11) is 2.07. The van der Waals surface area contributed by atoms with Gasteiger partial charge in [0.15, 0.2) is 0 Å². The van der Waals surface area contributed by atoms with Gasteiger partial charge in [-0.3, -0.25) is 10.1 Å². The Hall–Kier alpha value is -2.62. The van der Waals surface area contributed by atoms with Crippen LogP contribution in [0.2, 0.25) is 0 Å². The van der Waals surface area contributed by atoms with Crippen molar-refractivity contribution in [1.29, 1.82) is 0 Å². The number of nitrogens with zero attached hydrogens (tertiary/aromatic N) is 2. The standard InChI is InChI=1S/C18H18N2O2/c1-19-13-15(17-7-2-3-8-18(17)19)6-4-5-14-9-11-16(12-10-14)20(21)22/h2-3,7-13H,4-6H2,1H3. The lowest BCUT2D eigenvalue weighted by Crippen LogP contribution is -1.91. The van der Waals surface area contributed by atoms with Crippen molar-refractivity contribution in [3.63, 3.8) is 0 Å². The number of para-hydroxylation sites is 1. The number of aromatic nitrogens is 1. The largest absolute Gasteiger partial charge is 0.350 e. The molecule has 0 bridgehead atoms. The maximum atomic E-state index is 10.6. The smallest absolute Gasteiger partial charge is 0.269 e. The third-order valence-electron chi connectivity index (χ3n) is 4.04. The van der Waals surface area contributed by atoms with Crippen LogP contribution in [0.3, 0.4) is 0 Å². The zero-order valence-electron chi connectivity index (χ0n) is 12.5. The Labute approximate surface area is 129 Å². The first kappa shape index (κ1) is 14.3. The van der Waals surface area contributed by atoms with Gasteiger partial charge in [0, 0.05) is 36.3 Å². The summed E-state index contributed by atoms with van der Waals surface area (Å²) in [5.41, 5.74) is 3.91. The fourth-order valence-electron chi connectivity index (χ4n) is 2.89. The molecule has 22 heavy (non-hydrogen) atoms. The van der Waals surface area contributed by atoms with Crippen molar-refractivity contribution in [2.75, 3.05) is 0 Å². The highest BCUT2D eigenvalue weighted by molar-refractivity contribution is 5.83. The summed E-state index contributed by atoms with van der Waals surface area (Å²) in [4.78, 5) is 10.3. The molecule has 4 nitrogen and oxygen atoms in total. The van der Waals surface area contributed by atoms with Crippen LogP contribution in [0.1, 0.15) is 17.5 Å². The second kappa shape index (κ2) is 6.02. The minimum atomic E-state index is -0.361. The molecule has 0 aliphatic carbocycles. The number of aryl methyl sites for hydroxylation is 3. The van der Waals surface area contributed by atoms with Gasteiger partial charge in [0.2, 0.25) is 0 Å². The Morgan fingerprint density at radius 3 is 2.50 bits per heavy atom. The summed E-state index contributed by atoms with van der Waals surface area (Å²) in [6, 6.07) is 15.3. The number of nitro groups is 1. The van der Waals surface area contributed by atoms with E-state index in [1.807, 2.05) is 12.1 Å². The highest BCUT2D eigenvalue weighted by atomic mass is 16.6. The lowest BCUT2D eigenvalue weighted by Gasteiger charge is -2.01. The van der Waals surface area contributed by atoms with Crippen molar-refractivity contribution in [3.8, 4) is 0 Å². The Morgan fingerprint density at radius 2 is 1.77 bits per heavy atom. The van der Waals surface area contributed by atoms with Gasteiger partial charge in [-0.1, -0.05) is 30.3 Å². The third kappa shape index (κ3) is 2.86. The number of non-ortho nitro benzene ring substituents is 1. The lowest BCUT2D eigenvalue weighted by molar-refractivity contribution is -0.384. The molecule has 0 amide bonds. The van der Waals surface area contributed by atoms with Gasteiger partial charge in [0.1, 0.15) is 0 Å². The van der Waals surface area contributed by atoms with E-state index >= 15 is 0 Å². The van der Waals surface area contributed by atoms with Gasteiger partial charge >= 0.3 is 0 Å². The van der Waals surface area contributed by atoms with E-state index in [-0.39, 0.29) is 10.6 Å². The van der Waals surface area contributed by atoms with Crippen molar-refractivity contribution >= 4 is 16.6 Å². The van der Waals surface area contributed by atoms with Crippen LogP contribution in [0.4, 0.5) is 5.69 Å². The van der Waals surface area contributed by atoms with Crippen molar-refractivity contribution in [2.24, 2.45) is 7.05 Å². The Bertz CT molecular complexity index is 804. The highest BCUT2D eigenvalue weighted by Crippen LogP contribution is 2.22. The molecule has 112 valence electrons.